The molecule has 0 aliphatic heterocycles. The van der Waals surface area contributed by atoms with E-state index < -0.39 is 0 Å². The maximum Gasteiger partial charge on any atom is 0.0414 e. The molecule has 0 atom stereocenters. The van der Waals surface area contributed by atoms with Gasteiger partial charge in [0.15, 0.2) is 0 Å². The summed E-state index contributed by atoms with van der Waals surface area (Å²) in [4.78, 5) is 2.27. The van der Waals surface area contributed by atoms with Crippen molar-refractivity contribution in [1.29, 1.82) is 0 Å². The molecule has 6 rings (SSSR count). The van der Waals surface area contributed by atoms with Crippen LogP contribution in [-0.4, -0.2) is 7.05 Å². The summed E-state index contributed by atoms with van der Waals surface area (Å²) in [6.07, 6.45) is 0. The van der Waals surface area contributed by atoms with Crippen LogP contribution < -0.4 is 4.90 Å². The van der Waals surface area contributed by atoms with Crippen LogP contribution in [0.5, 0.6) is 0 Å². The normalized spacial score (nSPS) is 11.1. The standard InChI is InChI=1S/C33H25N/c1-34(28-16-6-14-26(22-28)32-20-8-12-24-10-2-4-18-30(24)32)29-17-7-15-27(23-29)33-21-9-13-25-11-3-5-19-31(25)33/h2-23H,1H3. The third-order valence-electron chi connectivity index (χ3n) is 6.67. The van der Waals surface area contributed by atoms with Gasteiger partial charge in [-0.2, -0.15) is 0 Å². The van der Waals surface area contributed by atoms with Gasteiger partial charge in [0.25, 0.3) is 0 Å². The number of anilines is 2. The third kappa shape index (κ3) is 3.62. The first kappa shape index (κ1) is 20.3. The molecule has 162 valence electrons. The van der Waals surface area contributed by atoms with Crippen LogP contribution in [0.15, 0.2) is 133 Å². The van der Waals surface area contributed by atoms with E-state index in [-0.39, 0.29) is 0 Å². The minimum absolute atomic E-state index is 1.17. The summed E-state index contributed by atoms with van der Waals surface area (Å²) in [6.45, 7) is 0. The van der Waals surface area contributed by atoms with Crippen LogP contribution in [0.4, 0.5) is 11.4 Å². The van der Waals surface area contributed by atoms with Gasteiger partial charge in [-0.1, -0.05) is 109 Å². The van der Waals surface area contributed by atoms with Crippen LogP contribution in [0.2, 0.25) is 0 Å². The molecule has 6 aromatic carbocycles. The Hall–Kier alpha value is -4.36. The van der Waals surface area contributed by atoms with Crippen LogP contribution in [0.25, 0.3) is 43.8 Å². The van der Waals surface area contributed by atoms with Gasteiger partial charge < -0.3 is 4.90 Å². The predicted octanol–water partition coefficient (Wildman–Crippen LogP) is 9.09. The Morgan fingerprint density at radius 2 is 0.824 bits per heavy atom. The number of hydrogen-bond donors (Lipinski definition) is 0. The van der Waals surface area contributed by atoms with Crippen LogP contribution in [0, 0.1) is 0 Å². The molecular weight excluding hydrogens is 410 g/mol. The van der Waals surface area contributed by atoms with Crippen molar-refractivity contribution in [3.63, 3.8) is 0 Å². The number of benzene rings is 6. The smallest absolute Gasteiger partial charge is 0.0414 e. The molecule has 0 amide bonds. The highest BCUT2D eigenvalue weighted by Gasteiger charge is 2.10. The van der Waals surface area contributed by atoms with Gasteiger partial charge in [0.1, 0.15) is 0 Å². The molecule has 0 aliphatic carbocycles. The van der Waals surface area contributed by atoms with Gasteiger partial charge in [0, 0.05) is 18.4 Å². The van der Waals surface area contributed by atoms with Gasteiger partial charge in [-0.3, -0.25) is 0 Å². The lowest BCUT2D eigenvalue weighted by Crippen LogP contribution is -2.09. The zero-order valence-corrected chi connectivity index (χ0v) is 19.1. The van der Waals surface area contributed by atoms with E-state index >= 15 is 0 Å². The van der Waals surface area contributed by atoms with Crippen molar-refractivity contribution in [2.24, 2.45) is 0 Å². The molecule has 1 nitrogen and oxygen atoms in total. The van der Waals surface area contributed by atoms with E-state index in [1.807, 2.05) is 0 Å². The maximum atomic E-state index is 2.28. The first-order chi connectivity index (χ1) is 16.8. The number of fused-ring (bicyclic) bond motifs is 2. The lowest BCUT2D eigenvalue weighted by Gasteiger charge is -2.21. The topological polar surface area (TPSA) is 3.24 Å². The van der Waals surface area contributed by atoms with E-state index in [4.69, 9.17) is 0 Å². The molecule has 0 N–H and O–H groups in total. The fourth-order valence-corrected chi connectivity index (χ4v) is 4.87. The minimum Gasteiger partial charge on any atom is -0.345 e. The second kappa shape index (κ2) is 8.53. The fraction of sp³-hybridized carbons (Fsp3) is 0.0303. The van der Waals surface area contributed by atoms with E-state index in [1.54, 1.807) is 0 Å². The number of hydrogen-bond acceptors (Lipinski definition) is 1. The molecule has 0 unspecified atom stereocenters. The molecule has 0 aliphatic rings. The van der Waals surface area contributed by atoms with Crippen molar-refractivity contribution in [2.45, 2.75) is 0 Å². The van der Waals surface area contributed by atoms with Crippen molar-refractivity contribution in [3.8, 4) is 22.3 Å². The molecule has 34 heavy (non-hydrogen) atoms. The summed E-state index contributed by atoms with van der Waals surface area (Å²) in [7, 11) is 2.14. The Labute approximate surface area is 200 Å². The average Bonchev–Trinajstić information content (AvgIpc) is 2.92. The van der Waals surface area contributed by atoms with Crippen LogP contribution in [-0.2, 0) is 0 Å². The van der Waals surface area contributed by atoms with Gasteiger partial charge in [-0.05, 0) is 68.1 Å². The van der Waals surface area contributed by atoms with E-state index in [9.17, 15) is 0 Å². The highest BCUT2D eigenvalue weighted by molar-refractivity contribution is 5.98. The van der Waals surface area contributed by atoms with Gasteiger partial charge in [0.05, 0.1) is 0 Å². The first-order valence-corrected chi connectivity index (χ1v) is 11.7. The molecule has 0 fully saturated rings. The summed E-state index contributed by atoms with van der Waals surface area (Å²) < 4.78 is 0. The van der Waals surface area contributed by atoms with Crippen LogP contribution in [0.3, 0.4) is 0 Å². The van der Waals surface area contributed by atoms with E-state index in [0.717, 1.165) is 0 Å². The highest BCUT2D eigenvalue weighted by Crippen LogP contribution is 2.35. The minimum atomic E-state index is 1.17. The zero-order chi connectivity index (χ0) is 22.9. The average molecular weight is 436 g/mol. The van der Waals surface area contributed by atoms with Gasteiger partial charge in [-0.25, -0.2) is 0 Å². The number of nitrogens with zero attached hydrogens (tertiary/aromatic N) is 1. The molecule has 0 spiro atoms. The Bertz CT molecular complexity index is 1500. The highest BCUT2D eigenvalue weighted by atomic mass is 15.1. The monoisotopic (exact) mass is 435 g/mol. The molecule has 0 bridgehead atoms. The van der Waals surface area contributed by atoms with Crippen molar-refractivity contribution in [1.82, 2.24) is 0 Å². The maximum absolute atomic E-state index is 2.28. The Kier molecular flexibility index (Phi) is 5.08. The predicted molar refractivity (Wildman–Crippen MR) is 147 cm³/mol. The second-order valence-corrected chi connectivity index (χ2v) is 8.71. The van der Waals surface area contributed by atoms with E-state index in [0.29, 0.717) is 0 Å². The lowest BCUT2D eigenvalue weighted by atomic mass is 9.97. The van der Waals surface area contributed by atoms with Crippen molar-refractivity contribution in [2.75, 3.05) is 11.9 Å². The Morgan fingerprint density at radius 3 is 1.32 bits per heavy atom. The Morgan fingerprint density at radius 1 is 0.412 bits per heavy atom. The van der Waals surface area contributed by atoms with Crippen molar-refractivity contribution < 1.29 is 0 Å². The SMILES string of the molecule is CN(c1cccc(-c2cccc3ccccc23)c1)c1cccc(-c2cccc3ccccc23)c1. The zero-order valence-electron chi connectivity index (χ0n) is 19.1. The molecule has 6 aromatic rings. The summed E-state index contributed by atoms with van der Waals surface area (Å²) in [6, 6.07) is 47.9. The summed E-state index contributed by atoms with van der Waals surface area (Å²) in [5.41, 5.74) is 7.31. The van der Waals surface area contributed by atoms with Crippen LogP contribution >= 0.6 is 0 Å². The molecule has 1 heteroatoms. The van der Waals surface area contributed by atoms with Crippen LogP contribution in [0.1, 0.15) is 0 Å². The molecule has 0 saturated carbocycles. The molecule has 0 heterocycles. The first-order valence-electron chi connectivity index (χ1n) is 11.7. The fourth-order valence-electron chi connectivity index (χ4n) is 4.87. The van der Waals surface area contributed by atoms with E-state index in [2.05, 4.69) is 145 Å². The van der Waals surface area contributed by atoms with Crippen molar-refractivity contribution >= 4 is 32.9 Å². The van der Waals surface area contributed by atoms with E-state index in [1.165, 1.54) is 55.2 Å². The van der Waals surface area contributed by atoms with Gasteiger partial charge in [-0.15, -0.1) is 0 Å². The quantitative estimate of drug-likeness (QED) is 0.267. The lowest BCUT2D eigenvalue weighted by molar-refractivity contribution is 1.21. The largest absolute Gasteiger partial charge is 0.345 e. The van der Waals surface area contributed by atoms with Crippen molar-refractivity contribution in [3.05, 3.63) is 133 Å². The summed E-state index contributed by atoms with van der Waals surface area (Å²) in [5.74, 6) is 0. The third-order valence-corrected chi connectivity index (χ3v) is 6.67. The molecule has 0 saturated heterocycles. The Balaban J connectivity index is 1.40. The molecule has 0 radical (unpaired) electrons. The second-order valence-electron chi connectivity index (χ2n) is 8.71. The summed E-state index contributed by atoms with van der Waals surface area (Å²) >= 11 is 0. The summed E-state index contributed by atoms with van der Waals surface area (Å²) in [5, 5.41) is 5.09. The molecular formula is C33H25N. The number of rotatable bonds is 4. The molecule has 0 aromatic heterocycles. The van der Waals surface area contributed by atoms with Gasteiger partial charge in [0.2, 0.25) is 0 Å². The van der Waals surface area contributed by atoms with Gasteiger partial charge >= 0.3 is 0 Å².